The highest BCUT2D eigenvalue weighted by molar-refractivity contribution is 5.95. The maximum Gasteiger partial charge on any atom is 0.300 e. The minimum absolute atomic E-state index is 0.00324. The molecule has 2 N–H and O–H groups in total. The number of ether oxygens (including phenoxy) is 1. The molecule has 2 aromatic heterocycles. The van der Waals surface area contributed by atoms with Crippen molar-refractivity contribution in [2.24, 2.45) is 0 Å². The van der Waals surface area contributed by atoms with Crippen LogP contribution >= 0.6 is 0 Å². The van der Waals surface area contributed by atoms with E-state index in [2.05, 4.69) is 10.2 Å². The number of benzene rings is 1. The topological polar surface area (TPSA) is 112 Å². The lowest BCUT2D eigenvalue weighted by Crippen LogP contribution is -2.17. The molecule has 0 aliphatic carbocycles. The minimum Gasteiger partial charge on any atom is -0.497 e. The number of nitriles is 1. The highest BCUT2D eigenvalue weighted by Crippen LogP contribution is 2.16. The molecule has 2 heterocycles. The molecule has 0 aliphatic heterocycles. The molecule has 0 unspecified atom stereocenters. The van der Waals surface area contributed by atoms with Gasteiger partial charge in [0.15, 0.2) is 5.69 Å². The van der Waals surface area contributed by atoms with Crippen molar-refractivity contribution in [2.75, 3.05) is 12.8 Å². The molecular weight excluding hydrogens is 296 g/mol. The zero-order chi connectivity index (χ0) is 16.4. The number of hydrogen-bond acceptors (Lipinski definition) is 6. The van der Waals surface area contributed by atoms with Gasteiger partial charge in [-0.3, -0.25) is 4.79 Å². The molecule has 0 amide bonds. The van der Waals surface area contributed by atoms with E-state index in [4.69, 9.17) is 15.7 Å². The van der Waals surface area contributed by atoms with Crippen LogP contribution in [-0.2, 0) is 0 Å². The molecule has 8 heteroatoms. The zero-order valence-electron chi connectivity index (χ0n) is 12.2. The Kier molecular flexibility index (Phi) is 3.52. The van der Waals surface area contributed by atoms with Crippen molar-refractivity contribution in [3.8, 4) is 17.5 Å². The molecule has 0 radical (unpaired) electrons. The van der Waals surface area contributed by atoms with Gasteiger partial charge in [-0.2, -0.15) is 20.1 Å². The lowest BCUT2D eigenvalue weighted by Gasteiger charge is -2.03. The third-order valence-corrected chi connectivity index (χ3v) is 3.26. The van der Waals surface area contributed by atoms with Gasteiger partial charge >= 0.3 is 5.91 Å². The Bertz CT molecular complexity index is 901. The van der Waals surface area contributed by atoms with E-state index in [0.29, 0.717) is 0 Å². The number of aromatic nitrogens is 4. The molecular formula is C15H12N6O2. The van der Waals surface area contributed by atoms with Crippen LogP contribution in [0.1, 0.15) is 16.1 Å². The Balaban J connectivity index is 1.90. The minimum atomic E-state index is -0.503. The predicted octanol–water partition coefficient (Wildman–Crippen LogP) is 1.22. The molecule has 8 nitrogen and oxygen atoms in total. The fraction of sp³-hybridized carbons (Fsp3) is 0.0667. The maximum atomic E-state index is 12.4. The molecule has 0 spiro atoms. The standard InChI is InChI=1S/C15H12N6O2/c1-23-12-4-2-11(3-5-12)20-7-6-13(19-20)15(22)21-14(17)10(8-16)9-18-21/h2-7,9H,17H2,1H3. The summed E-state index contributed by atoms with van der Waals surface area (Å²) in [5.74, 6) is 0.221. The molecule has 3 aromatic rings. The van der Waals surface area contributed by atoms with Gasteiger partial charge in [0.2, 0.25) is 0 Å². The number of nitrogen functional groups attached to an aromatic ring is 1. The van der Waals surface area contributed by atoms with E-state index < -0.39 is 5.91 Å². The van der Waals surface area contributed by atoms with Crippen molar-refractivity contribution in [2.45, 2.75) is 0 Å². The molecule has 1 aromatic carbocycles. The van der Waals surface area contributed by atoms with Crippen LogP contribution in [0, 0.1) is 11.3 Å². The Hall–Kier alpha value is -3.60. The van der Waals surface area contributed by atoms with Gasteiger partial charge in [-0.15, -0.1) is 0 Å². The van der Waals surface area contributed by atoms with Crippen LogP contribution < -0.4 is 10.5 Å². The monoisotopic (exact) mass is 308 g/mol. The average Bonchev–Trinajstić information content (AvgIpc) is 3.21. The van der Waals surface area contributed by atoms with Crippen molar-refractivity contribution >= 4 is 11.7 Å². The summed E-state index contributed by atoms with van der Waals surface area (Å²) in [5.41, 5.74) is 6.80. The largest absolute Gasteiger partial charge is 0.497 e. The van der Waals surface area contributed by atoms with E-state index in [-0.39, 0.29) is 17.1 Å². The van der Waals surface area contributed by atoms with Crippen LogP contribution in [0.15, 0.2) is 42.7 Å². The number of hydrogen-bond donors (Lipinski definition) is 1. The molecule has 0 bridgehead atoms. The van der Waals surface area contributed by atoms with Gasteiger partial charge in [0.1, 0.15) is 23.2 Å². The lowest BCUT2D eigenvalue weighted by molar-refractivity contribution is 0.0942. The second-order valence-electron chi connectivity index (χ2n) is 4.62. The molecule has 23 heavy (non-hydrogen) atoms. The first-order valence-corrected chi connectivity index (χ1v) is 6.62. The highest BCUT2D eigenvalue weighted by Gasteiger charge is 2.18. The van der Waals surface area contributed by atoms with Gasteiger partial charge < -0.3 is 10.5 Å². The van der Waals surface area contributed by atoms with Crippen LogP contribution in [0.4, 0.5) is 5.82 Å². The number of nitrogens with zero attached hydrogens (tertiary/aromatic N) is 5. The van der Waals surface area contributed by atoms with E-state index >= 15 is 0 Å². The number of rotatable bonds is 3. The third kappa shape index (κ3) is 2.51. The van der Waals surface area contributed by atoms with Crippen molar-refractivity contribution in [1.29, 1.82) is 5.26 Å². The Labute approximate surface area is 131 Å². The van der Waals surface area contributed by atoms with Gasteiger partial charge in [0, 0.05) is 6.20 Å². The number of carbonyl (C=O) groups is 1. The van der Waals surface area contributed by atoms with E-state index in [0.717, 1.165) is 16.1 Å². The Morgan fingerprint density at radius 3 is 2.65 bits per heavy atom. The summed E-state index contributed by atoms with van der Waals surface area (Å²) in [6.07, 6.45) is 2.90. The fourth-order valence-corrected chi connectivity index (χ4v) is 2.03. The number of anilines is 1. The third-order valence-electron chi connectivity index (χ3n) is 3.26. The SMILES string of the molecule is COc1ccc(-n2ccc(C(=O)n3ncc(C#N)c3N)n2)cc1. The normalized spacial score (nSPS) is 10.3. The Morgan fingerprint density at radius 2 is 2.04 bits per heavy atom. The Morgan fingerprint density at radius 1 is 1.30 bits per heavy atom. The summed E-state index contributed by atoms with van der Waals surface area (Å²) in [4.78, 5) is 12.4. The number of methoxy groups -OCH3 is 1. The van der Waals surface area contributed by atoms with E-state index in [1.807, 2.05) is 18.2 Å². The fourth-order valence-electron chi connectivity index (χ4n) is 2.03. The molecule has 0 saturated carbocycles. The van der Waals surface area contributed by atoms with Gasteiger partial charge in [-0.1, -0.05) is 0 Å². The molecule has 114 valence electrons. The summed E-state index contributed by atoms with van der Waals surface area (Å²) in [5, 5.41) is 16.9. The van der Waals surface area contributed by atoms with Gasteiger partial charge in [0.25, 0.3) is 0 Å². The van der Waals surface area contributed by atoms with Gasteiger partial charge in [0.05, 0.1) is 19.0 Å². The van der Waals surface area contributed by atoms with Crippen molar-refractivity contribution in [1.82, 2.24) is 19.6 Å². The van der Waals surface area contributed by atoms with Crippen LogP contribution in [0.25, 0.3) is 5.69 Å². The van der Waals surface area contributed by atoms with Crippen LogP contribution in [0.5, 0.6) is 5.75 Å². The molecule has 3 rings (SSSR count). The predicted molar refractivity (Wildman–Crippen MR) is 81.2 cm³/mol. The van der Waals surface area contributed by atoms with E-state index in [1.54, 1.807) is 36.2 Å². The first-order chi connectivity index (χ1) is 11.1. The average molecular weight is 308 g/mol. The molecule has 0 atom stereocenters. The van der Waals surface area contributed by atoms with Gasteiger partial charge in [-0.05, 0) is 30.3 Å². The highest BCUT2D eigenvalue weighted by atomic mass is 16.5. The first-order valence-electron chi connectivity index (χ1n) is 6.62. The summed E-state index contributed by atoms with van der Waals surface area (Å²) < 4.78 is 7.61. The summed E-state index contributed by atoms with van der Waals surface area (Å²) in [6, 6.07) is 10.6. The summed E-state index contributed by atoms with van der Waals surface area (Å²) in [6.45, 7) is 0. The van der Waals surface area contributed by atoms with Crippen molar-refractivity contribution in [3.63, 3.8) is 0 Å². The van der Waals surface area contributed by atoms with Crippen LogP contribution in [0.3, 0.4) is 0 Å². The molecule has 0 saturated heterocycles. The van der Waals surface area contributed by atoms with E-state index in [9.17, 15) is 4.79 Å². The quantitative estimate of drug-likeness (QED) is 0.778. The molecule has 0 fully saturated rings. The van der Waals surface area contributed by atoms with Crippen molar-refractivity contribution in [3.05, 3.63) is 54.0 Å². The van der Waals surface area contributed by atoms with Crippen LogP contribution in [-0.4, -0.2) is 32.6 Å². The van der Waals surface area contributed by atoms with Gasteiger partial charge in [-0.25, -0.2) is 4.68 Å². The zero-order valence-corrected chi connectivity index (χ0v) is 12.2. The van der Waals surface area contributed by atoms with E-state index in [1.165, 1.54) is 6.20 Å². The lowest BCUT2D eigenvalue weighted by atomic mass is 10.3. The first kappa shape index (κ1) is 14.3. The number of carbonyl (C=O) groups excluding carboxylic acids is 1. The summed E-state index contributed by atoms with van der Waals surface area (Å²) >= 11 is 0. The molecule has 0 aliphatic rings. The number of nitrogens with two attached hydrogens (primary N) is 1. The smallest absolute Gasteiger partial charge is 0.300 e. The summed E-state index contributed by atoms with van der Waals surface area (Å²) in [7, 11) is 1.59. The maximum absolute atomic E-state index is 12.4. The second-order valence-corrected chi connectivity index (χ2v) is 4.62. The second kappa shape index (κ2) is 5.65. The van der Waals surface area contributed by atoms with Crippen LogP contribution in [0.2, 0.25) is 0 Å². The van der Waals surface area contributed by atoms with Crippen molar-refractivity contribution < 1.29 is 9.53 Å².